The number of carbonyl (C=O) groups excluding carboxylic acids is 1. The average Bonchev–Trinajstić information content (AvgIpc) is 2.86. The summed E-state index contributed by atoms with van der Waals surface area (Å²) in [5.41, 5.74) is 5.11. The van der Waals surface area contributed by atoms with E-state index in [0.717, 1.165) is 6.26 Å². The van der Waals surface area contributed by atoms with Crippen LogP contribution in [0.2, 0.25) is 0 Å². The highest BCUT2D eigenvalue weighted by Crippen LogP contribution is 2.20. The molecule has 0 unspecified atom stereocenters. The molecule has 1 saturated heterocycles. The number of aromatic amines is 1. The fourth-order valence-corrected chi connectivity index (χ4v) is 3.59. The van der Waals surface area contributed by atoms with Crippen molar-refractivity contribution in [3.63, 3.8) is 0 Å². The molecule has 2 heterocycles. The van der Waals surface area contributed by atoms with Crippen LogP contribution in [-0.4, -0.2) is 54.0 Å². The van der Waals surface area contributed by atoms with E-state index >= 15 is 0 Å². The third kappa shape index (κ3) is 4.04. The molecule has 1 atom stereocenters. The monoisotopic (exact) mass is 329 g/mol. The maximum Gasteiger partial charge on any atom is 0.252 e. The predicted molar refractivity (Wildman–Crippen MR) is 80.6 cm³/mol. The fraction of sp³-hybridized carbons (Fsp3) is 0.583. The van der Waals surface area contributed by atoms with Crippen molar-refractivity contribution in [1.82, 2.24) is 19.6 Å². The molecule has 1 aromatic heterocycles. The standard InChI is InChI=1S/C12H19N5O4S/c1-22(20,21)17-6-2-3-8(17)12(19)14-5-4-10-15-9(13)7-11(18)16-10/h7-8H,2-6H2,1H3,(H,14,19)(H3,13,15,16,18)/t8-/m0/s1. The lowest BCUT2D eigenvalue weighted by molar-refractivity contribution is -0.124. The summed E-state index contributed by atoms with van der Waals surface area (Å²) in [5, 5.41) is 2.67. The smallest absolute Gasteiger partial charge is 0.252 e. The van der Waals surface area contributed by atoms with E-state index in [0.29, 0.717) is 31.6 Å². The first-order valence-corrected chi connectivity index (χ1v) is 8.72. The molecule has 1 fully saturated rings. The maximum absolute atomic E-state index is 12.1. The number of nitrogens with zero attached hydrogens (tertiary/aromatic N) is 2. The Morgan fingerprint density at radius 1 is 1.59 bits per heavy atom. The summed E-state index contributed by atoms with van der Waals surface area (Å²) in [6.45, 7) is 0.598. The molecule has 0 bridgehead atoms. The molecule has 122 valence electrons. The zero-order valence-corrected chi connectivity index (χ0v) is 13.0. The second-order valence-electron chi connectivity index (χ2n) is 5.19. The molecule has 10 heteroatoms. The third-order valence-corrected chi connectivity index (χ3v) is 4.69. The van der Waals surface area contributed by atoms with Gasteiger partial charge >= 0.3 is 0 Å². The number of anilines is 1. The molecule has 0 spiro atoms. The summed E-state index contributed by atoms with van der Waals surface area (Å²) in [6.07, 6.45) is 2.57. The number of hydrogen-bond acceptors (Lipinski definition) is 6. The second kappa shape index (κ2) is 6.44. The molecule has 0 saturated carbocycles. The Morgan fingerprint density at radius 2 is 2.32 bits per heavy atom. The van der Waals surface area contributed by atoms with E-state index in [1.165, 1.54) is 10.4 Å². The molecular weight excluding hydrogens is 310 g/mol. The van der Waals surface area contributed by atoms with Gasteiger partial charge in [-0.05, 0) is 12.8 Å². The molecular formula is C12H19N5O4S. The Bertz CT molecular complexity index is 714. The summed E-state index contributed by atoms with van der Waals surface area (Å²) in [7, 11) is -3.39. The van der Waals surface area contributed by atoms with Crippen LogP contribution in [0.1, 0.15) is 18.7 Å². The first-order chi connectivity index (χ1) is 10.3. The van der Waals surface area contributed by atoms with Crippen LogP contribution in [0.3, 0.4) is 0 Å². The molecule has 0 aliphatic carbocycles. The summed E-state index contributed by atoms with van der Waals surface area (Å²) in [5.74, 6) is 0.148. The number of H-pyrrole nitrogens is 1. The van der Waals surface area contributed by atoms with Gasteiger partial charge in [0.25, 0.3) is 5.56 Å². The zero-order valence-electron chi connectivity index (χ0n) is 12.2. The largest absolute Gasteiger partial charge is 0.383 e. The molecule has 1 amide bonds. The Morgan fingerprint density at radius 3 is 2.95 bits per heavy atom. The van der Waals surface area contributed by atoms with Crippen molar-refractivity contribution in [1.29, 1.82) is 0 Å². The Balaban J connectivity index is 1.91. The minimum atomic E-state index is -3.39. The number of aromatic nitrogens is 2. The summed E-state index contributed by atoms with van der Waals surface area (Å²) >= 11 is 0. The van der Waals surface area contributed by atoms with E-state index in [2.05, 4.69) is 15.3 Å². The van der Waals surface area contributed by atoms with Gasteiger partial charge in [-0.2, -0.15) is 4.31 Å². The van der Waals surface area contributed by atoms with Crippen LogP contribution >= 0.6 is 0 Å². The first-order valence-electron chi connectivity index (χ1n) is 6.87. The zero-order chi connectivity index (χ0) is 16.3. The van der Waals surface area contributed by atoms with Crippen LogP contribution < -0.4 is 16.6 Å². The van der Waals surface area contributed by atoms with Crippen molar-refractivity contribution in [3.05, 3.63) is 22.2 Å². The number of amides is 1. The van der Waals surface area contributed by atoms with E-state index in [1.807, 2.05) is 0 Å². The SMILES string of the molecule is CS(=O)(=O)N1CCC[C@H]1C(=O)NCCc1nc(N)cc(=O)[nH]1. The number of rotatable bonds is 5. The number of nitrogen functional groups attached to an aromatic ring is 1. The number of hydrogen-bond donors (Lipinski definition) is 3. The molecule has 1 aliphatic heterocycles. The summed E-state index contributed by atoms with van der Waals surface area (Å²) in [4.78, 5) is 29.8. The fourth-order valence-electron chi connectivity index (χ4n) is 2.47. The minimum Gasteiger partial charge on any atom is -0.383 e. The van der Waals surface area contributed by atoms with Gasteiger partial charge in [0.1, 0.15) is 17.7 Å². The lowest BCUT2D eigenvalue weighted by atomic mass is 10.2. The van der Waals surface area contributed by atoms with E-state index in [4.69, 9.17) is 5.73 Å². The number of sulfonamides is 1. The molecule has 1 aliphatic rings. The molecule has 2 rings (SSSR count). The first kappa shape index (κ1) is 16.4. The van der Waals surface area contributed by atoms with Gasteiger partial charge in [0.2, 0.25) is 15.9 Å². The number of nitrogens with one attached hydrogen (secondary N) is 2. The molecule has 22 heavy (non-hydrogen) atoms. The quantitative estimate of drug-likeness (QED) is 0.597. The summed E-state index contributed by atoms with van der Waals surface area (Å²) in [6, 6.07) is 0.507. The van der Waals surface area contributed by atoms with Crippen molar-refractivity contribution < 1.29 is 13.2 Å². The second-order valence-corrected chi connectivity index (χ2v) is 7.12. The van der Waals surface area contributed by atoms with Gasteiger partial charge in [0, 0.05) is 25.6 Å². The number of nitrogens with two attached hydrogens (primary N) is 1. The predicted octanol–water partition coefficient (Wildman–Crippen LogP) is -1.57. The highest BCUT2D eigenvalue weighted by atomic mass is 32.2. The molecule has 4 N–H and O–H groups in total. The number of carbonyl (C=O) groups is 1. The van der Waals surface area contributed by atoms with Crippen LogP contribution in [-0.2, 0) is 21.2 Å². The third-order valence-electron chi connectivity index (χ3n) is 3.40. The molecule has 1 aromatic rings. The highest BCUT2D eigenvalue weighted by molar-refractivity contribution is 7.88. The molecule has 0 aromatic carbocycles. The van der Waals surface area contributed by atoms with Crippen molar-refractivity contribution in [2.45, 2.75) is 25.3 Å². The van der Waals surface area contributed by atoms with Gasteiger partial charge in [0.05, 0.1) is 6.26 Å². The van der Waals surface area contributed by atoms with Crippen LogP contribution in [0, 0.1) is 0 Å². The van der Waals surface area contributed by atoms with Crippen LogP contribution in [0.25, 0.3) is 0 Å². The minimum absolute atomic E-state index is 0.115. The Hall–Kier alpha value is -1.94. The lowest BCUT2D eigenvalue weighted by Gasteiger charge is -2.21. The van der Waals surface area contributed by atoms with Gasteiger partial charge in [-0.15, -0.1) is 0 Å². The van der Waals surface area contributed by atoms with Crippen molar-refractivity contribution in [2.75, 3.05) is 25.1 Å². The normalized spacial score (nSPS) is 19.2. The van der Waals surface area contributed by atoms with Crippen molar-refractivity contribution in [2.24, 2.45) is 0 Å². The van der Waals surface area contributed by atoms with Gasteiger partial charge in [-0.1, -0.05) is 0 Å². The van der Waals surface area contributed by atoms with Gasteiger partial charge in [-0.3, -0.25) is 9.59 Å². The van der Waals surface area contributed by atoms with Crippen molar-refractivity contribution in [3.8, 4) is 0 Å². The van der Waals surface area contributed by atoms with E-state index in [-0.39, 0.29) is 23.8 Å². The average molecular weight is 329 g/mol. The maximum atomic E-state index is 12.1. The van der Waals surface area contributed by atoms with Gasteiger partial charge in [0.15, 0.2) is 0 Å². The topological polar surface area (TPSA) is 138 Å². The van der Waals surface area contributed by atoms with E-state index in [9.17, 15) is 18.0 Å². The van der Waals surface area contributed by atoms with Gasteiger partial charge in [-0.25, -0.2) is 13.4 Å². The van der Waals surface area contributed by atoms with Crippen LogP contribution in [0.15, 0.2) is 10.9 Å². The Labute approximate surface area is 128 Å². The van der Waals surface area contributed by atoms with E-state index in [1.54, 1.807) is 0 Å². The highest BCUT2D eigenvalue weighted by Gasteiger charge is 2.36. The lowest BCUT2D eigenvalue weighted by Crippen LogP contribution is -2.46. The molecule has 9 nitrogen and oxygen atoms in total. The van der Waals surface area contributed by atoms with Crippen LogP contribution in [0.5, 0.6) is 0 Å². The molecule has 0 radical (unpaired) electrons. The Kier molecular flexibility index (Phi) is 4.81. The van der Waals surface area contributed by atoms with Crippen molar-refractivity contribution >= 4 is 21.7 Å². The van der Waals surface area contributed by atoms with E-state index < -0.39 is 16.1 Å². The van der Waals surface area contributed by atoms with Gasteiger partial charge < -0.3 is 16.0 Å². The summed E-state index contributed by atoms with van der Waals surface area (Å²) < 4.78 is 24.4. The van der Waals surface area contributed by atoms with Crippen LogP contribution in [0.4, 0.5) is 5.82 Å².